The van der Waals surface area contributed by atoms with Crippen molar-refractivity contribution >= 4 is 8.07 Å². The molecule has 0 spiro atoms. The molecule has 0 saturated heterocycles. The number of hydrogen-bond acceptors (Lipinski definition) is 4. The van der Waals surface area contributed by atoms with Gasteiger partial charge in [0, 0.05) is 13.3 Å². The Kier molecular flexibility index (Phi) is 10.3. The molecule has 0 atom stereocenters. The first-order valence-electron chi connectivity index (χ1n) is 5.78. The molecule has 0 aromatic carbocycles. The van der Waals surface area contributed by atoms with E-state index in [1.54, 1.807) is 7.11 Å². The van der Waals surface area contributed by atoms with E-state index < -0.39 is 8.07 Å². The van der Waals surface area contributed by atoms with Crippen LogP contribution >= 0.6 is 0 Å². The van der Waals surface area contributed by atoms with Crippen LogP contribution in [0.3, 0.4) is 0 Å². The quantitative estimate of drug-likeness (QED) is 0.412. The summed E-state index contributed by atoms with van der Waals surface area (Å²) in [5.41, 5.74) is 0. The van der Waals surface area contributed by atoms with Crippen LogP contribution in [-0.2, 0) is 18.9 Å². The van der Waals surface area contributed by atoms with Gasteiger partial charge in [0.25, 0.3) is 0 Å². The summed E-state index contributed by atoms with van der Waals surface area (Å²) in [6.45, 7) is 10.7. The summed E-state index contributed by atoms with van der Waals surface area (Å²) in [5.74, 6) is 0. The molecule has 0 aliphatic rings. The normalized spacial score (nSPS) is 12.0. The number of hydrogen-bond donors (Lipinski definition) is 0. The van der Waals surface area contributed by atoms with E-state index in [9.17, 15) is 0 Å². The van der Waals surface area contributed by atoms with Crippen molar-refractivity contribution in [3.05, 3.63) is 0 Å². The maximum absolute atomic E-state index is 5.52. The molecule has 0 heterocycles. The molecule has 0 rings (SSSR count). The van der Waals surface area contributed by atoms with E-state index in [2.05, 4.69) is 19.6 Å². The second-order valence-electron chi connectivity index (χ2n) is 4.83. The van der Waals surface area contributed by atoms with E-state index in [4.69, 9.17) is 18.9 Å². The van der Waals surface area contributed by atoms with Crippen LogP contribution in [0.25, 0.3) is 0 Å². The summed E-state index contributed by atoms with van der Waals surface area (Å²) >= 11 is 0. The molecule has 0 amide bonds. The van der Waals surface area contributed by atoms with E-state index >= 15 is 0 Å². The monoisotopic (exact) mass is 250 g/mol. The van der Waals surface area contributed by atoms with Crippen molar-refractivity contribution in [2.75, 3.05) is 53.0 Å². The van der Waals surface area contributed by atoms with Gasteiger partial charge in [-0.25, -0.2) is 0 Å². The van der Waals surface area contributed by atoms with Gasteiger partial charge in [-0.2, -0.15) is 0 Å². The Hall–Kier alpha value is 0.0569. The highest BCUT2D eigenvalue weighted by atomic mass is 28.3. The second kappa shape index (κ2) is 10.2. The average molecular weight is 250 g/mol. The van der Waals surface area contributed by atoms with Crippen LogP contribution in [0.1, 0.15) is 0 Å². The van der Waals surface area contributed by atoms with Crippen molar-refractivity contribution in [3.63, 3.8) is 0 Å². The van der Waals surface area contributed by atoms with Gasteiger partial charge < -0.3 is 18.9 Å². The molecule has 16 heavy (non-hydrogen) atoms. The molecule has 0 aromatic heterocycles. The van der Waals surface area contributed by atoms with Gasteiger partial charge in [-0.15, -0.1) is 0 Å². The summed E-state index contributed by atoms with van der Waals surface area (Å²) in [4.78, 5) is 0. The predicted molar refractivity (Wildman–Crippen MR) is 67.7 cm³/mol. The smallest absolute Gasteiger partial charge is 0.0746 e. The van der Waals surface area contributed by atoms with E-state index in [1.165, 1.54) is 0 Å². The number of ether oxygens (including phenoxy) is 4. The third kappa shape index (κ3) is 14.1. The molecule has 0 saturated carbocycles. The van der Waals surface area contributed by atoms with Crippen LogP contribution in [-0.4, -0.2) is 61.1 Å². The van der Waals surface area contributed by atoms with Crippen LogP contribution < -0.4 is 0 Å². The summed E-state index contributed by atoms with van der Waals surface area (Å²) in [7, 11) is 0.599. The molecular weight excluding hydrogens is 224 g/mol. The molecule has 0 N–H and O–H groups in total. The standard InChI is InChI=1S/C11H26O4Si/c1-12-5-6-13-7-8-14-9-10-15-11-16(2,3)4/h5-11H2,1-4H3. The van der Waals surface area contributed by atoms with Crippen LogP contribution in [0, 0.1) is 0 Å². The fourth-order valence-electron chi connectivity index (χ4n) is 0.960. The molecule has 98 valence electrons. The zero-order valence-corrected chi connectivity index (χ0v) is 12.1. The Balaban J connectivity index is 2.99. The van der Waals surface area contributed by atoms with Crippen LogP contribution in [0.15, 0.2) is 0 Å². The van der Waals surface area contributed by atoms with Gasteiger partial charge >= 0.3 is 0 Å². The molecular formula is C11H26O4Si. The predicted octanol–water partition coefficient (Wildman–Crippen LogP) is 1.56. The van der Waals surface area contributed by atoms with E-state index in [0.29, 0.717) is 39.6 Å². The van der Waals surface area contributed by atoms with E-state index in [1.807, 2.05) is 0 Å². The molecule has 0 aromatic rings. The summed E-state index contributed by atoms with van der Waals surface area (Å²) in [5, 5.41) is 0. The van der Waals surface area contributed by atoms with Crippen molar-refractivity contribution in [1.29, 1.82) is 0 Å². The van der Waals surface area contributed by atoms with Crippen LogP contribution in [0.4, 0.5) is 0 Å². The lowest BCUT2D eigenvalue weighted by Gasteiger charge is -2.15. The van der Waals surface area contributed by atoms with E-state index in [-0.39, 0.29) is 0 Å². The lowest BCUT2D eigenvalue weighted by molar-refractivity contribution is 0.00824. The average Bonchev–Trinajstić information content (AvgIpc) is 2.19. The third-order valence-corrected chi connectivity index (χ3v) is 2.78. The molecule has 0 radical (unpaired) electrons. The molecule has 0 unspecified atom stereocenters. The Labute approximate surface area is 100 Å². The van der Waals surface area contributed by atoms with E-state index in [0.717, 1.165) is 6.23 Å². The molecule has 0 bridgehead atoms. The first-order valence-corrected chi connectivity index (χ1v) is 9.49. The molecule has 0 aliphatic carbocycles. The molecule has 4 nitrogen and oxygen atoms in total. The number of rotatable bonds is 11. The first-order chi connectivity index (χ1) is 7.56. The highest BCUT2D eigenvalue weighted by molar-refractivity contribution is 6.76. The maximum atomic E-state index is 5.52. The van der Waals surface area contributed by atoms with Gasteiger partial charge in [0.05, 0.1) is 47.7 Å². The zero-order chi connectivity index (χ0) is 12.3. The Morgan fingerprint density at radius 3 is 1.56 bits per heavy atom. The highest BCUT2D eigenvalue weighted by Gasteiger charge is 2.12. The topological polar surface area (TPSA) is 36.9 Å². The van der Waals surface area contributed by atoms with Gasteiger partial charge in [0.15, 0.2) is 0 Å². The zero-order valence-electron chi connectivity index (χ0n) is 11.1. The maximum Gasteiger partial charge on any atom is 0.0746 e. The molecule has 0 fully saturated rings. The Morgan fingerprint density at radius 2 is 1.12 bits per heavy atom. The van der Waals surface area contributed by atoms with Gasteiger partial charge in [-0.05, 0) is 0 Å². The van der Waals surface area contributed by atoms with Crippen LogP contribution in [0.2, 0.25) is 19.6 Å². The fraction of sp³-hybridized carbons (Fsp3) is 1.00. The fourth-order valence-corrected chi connectivity index (χ4v) is 1.72. The third-order valence-electron chi connectivity index (χ3n) is 1.71. The lowest BCUT2D eigenvalue weighted by atomic mass is 10.7. The summed E-state index contributed by atoms with van der Waals surface area (Å²) in [6.07, 6.45) is 0.903. The Morgan fingerprint density at radius 1 is 0.688 bits per heavy atom. The van der Waals surface area contributed by atoms with Crippen molar-refractivity contribution < 1.29 is 18.9 Å². The van der Waals surface area contributed by atoms with Gasteiger partial charge in [0.2, 0.25) is 0 Å². The Bertz CT molecular complexity index is 147. The second-order valence-corrected chi connectivity index (χ2v) is 10.2. The highest BCUT2D eigenvalue weighted by Crippen LogP contribution is 1.99. The minimum atomic E-state index is -1.06. The minimum Gasteiger partial charge on any atom is -0.382 e. The summed E-state index contributed by atoms with van der Waals surface area (Å²) < 4.78 is 21.0. The first kappa shape index (κ1) is 16.1. The largest absolute Gasteiger partial charge is 0.382 e. The minimum absolute atomic E-state index is 0.622. The van der Waals surface area contributed by atoms with Crippen molar-refractivity contribution in [1.82, 2.24) is 0 Å². The van der Waals surface area contributed by atoms with Crippen molar-refractivity contribution in [2.24, 2.45) is 0 Å². The van der Waals surface area contributed by atoms with Crippen molar-refractivity contribution in [2.45, 2.75) is 19.6 Å². The molecule has 5 heteroatoms. The van der Waals surface area contributed by atoms with Crippen LogP contribution in [0.5, 0.6) is 0 Å². The molecule has 0 aliphatic heterocycles. The van der Waals surface area contributed by atoms with Gasteiger partial charge in [-0.3, -0.25) is 0 Å². The summed E-state index contributed by atoms with van der Waals surface area (Å²) in [6, 6.07) is 0. The lowest BCUT2D eigenvalue weighted by Crippen LogP contribution is -2.29. The SMILES string of the molecule is COCCOCCOCCOC[Si](C)(C)C. The van der Waals surface area contributed by atoms with Crippen molar-refractivity contribution in [3.8, 4) is 0 Å². The van der Waals surface area contributed by atoms with Gasteiger partial charge in [0.1, 0.15) is 0 Å². The van der Waals surface area contributed by atoms with Gasteiger partial charge in [-0.1, -0.05) is 19.6 Å². The number of methoxy groups -OCH3 is 1.